The summed E-state index contributed by atoms with van der Waals surface area (Å²) in [5, 5.41) is 18.7. The summed E-state index contributed by atoms with van der Waals surface area (Å²) in [4.78, 5) is 17.1. The number of rotatable bonds is 2. The van der Waals surface area contributed by atoms with Crippen molar-refractivity contribution in [3.8, 4) is 0 Å². The second kappa shape index (κ2) is 4.70. The predicted octanol–water partition coefficient (Wildman–Crippen LogP) is -0.240. The van der Waals surface area contributed by atoms with Crippen LogP contribution in [-0.4, -0.2) is 38.3 Å². The number of aliphatic hydroxyl groups excluding tert-OH is 2. The lowest BCUT2D eigenvalue weighted by Gasteiger charge is -2.21. The molecule has 1 fully saturated rings. The van der Waals surface area contributed by atoms with Crippen molar-refractivity contribution in [2.75, 3.05) is 0 Å². The topological polar surface area (TPSA) is 107 Å². The third kappa shape index (κ3) is 4.04. The summed E-state index contributed by atoms with van der Waals surface area (Å²) in [6.07, 6.45) is -0.946. The van der Waals surface area contributed by atoms with Crippen molar-refractivity contribution in [1.82, 2.24) is 0 Å². The molecule has 0 saturated heterocycles. The molecule has 0 aliphatic heterocycles. The summed E-state index contributed by atoms with van der Waals surface area (Å²) >= 11 is 0. The van der Waals surface area contributed by atoms with E-state index in [9.17, 15) is 14.8 Å². The molecule has 7 heteroatoms. The molecule has 6 nitrogen and oxygen atoms in total. The molecule has 0 heterocycles. The molecule has 1 aliphatic rings. The Balaban J connectivity index is 2.55. The average molecular weight is 226 g/mol. The highest BCUT2D eigenvalue weighted by molar-refractivity contribution is 7.46. The van der Waals surface area contributed by atoms with E-state index in [1.165, 1.54) is 0 Å². The summed E-state index contributed by atoms with van der Waals surface area (Å²) < 4.78 is 15.0. The van der Waals surface area contributed by atoms with Gasteiger partial charge in [-0.1, -0.05) is 0 Å². The minimum atomic E-state index is -4.55. The molecule has 14 heavy (non-hydrogen) atoms. The van der Waals surface area contributed by atoms with Crippen LogP contribution in [0.3, 0.4) is 0 Å². The van der Waals surface area contributed by atoms with Crippen LogP contribution in [0.5, 0.6) is 0 Å². The van der Waals surface area contributed by atoms with E-state index in [0.29, 0.717) is 19.3 Å². The molecule has 0 radical (unpaired) electrons. The maximum atomic E-state index is 10.5. The van der Waals surface area contributed by atoms with Crippen LogP contribution in [0.15, 0.2) is 0 Å². The van der Waals surface area contributed by atoms with Crippen LogP contribution in [0.4, 0.5) is 0 Å². The Hall–Kier alpha value is 0.0300. The first-order valence-corrected chi connectivity index (χ1v) is 6.01. The Morgan fingerprint density at radius 3 is 2.43 bits per heavy atom. The maximum absolute atomic E-state index is 10.5. The highest BCUT2D eigenvalue weighted by Crippen LogP contribution is 2.40. The fraction of sp³-hybridized carbons (Fsp3) is 1.00. The van der Waals surface area contributed by atoms with E-state index in [1.54, 1.807) is 0 Å². The number of phosphoric acid groups is 1. The summed E-state index contributed by atoms with van der Waals surface area (Å²) in [5.74, 6) is 0. The van der Waals surface area contributed by atoms with Crippen LogP contribution in [0, 0.1) is 0 Å². The Bertz CT molecular complexity index is 226. The zero-order valence-corrected chi connectivity index (χ0v) is 8.51. The molecule has 0 unspecified atom stereocenters. The standard InChI is InChI=1S/C7H15O6P/c8-5-2-1-3-7(6(9)4-5)13-14(10,11)12/h5-9H,1-4H2,(H2,10,11,12)/t5-,6-,7-/m1/s1. The zero-order chi connectivity index (χ0) is 10.8. The van der Waals surface area contributed by atoms with Crippen LogP contribution < -0.4 is 0 Å². The van der Waals surface area contributed by atoms with Gasteiger partial charge in [0.2, 0.25) is 0 Å². The molecule has 1 aliphatic carbocycles. The molecule has 1 saturated carbocycles. The van der Waals surface area contributed by atoms with Gasteiger partial charge in [-0.3, -0.25) is 4.52 Å². The number of aliphatic hydroxyl groups is 2. The van der Waals surface area contributed by atoms with Crippen molar-refractivity contribution in [2.24, 2.45) is 0 Å². The van der Waals surface area contributed by atoms with Gasteiger partial charge < -0.3 is 20.0 Å². The van der Waals surface area contributed by atoms with Crippen molar-refractivity contribution in [3.05, 3.63) is 0 Å². The van der Waals surface area contributed by atoms with E-state index >= 15 is 0 Å². The van der Waals surface area contributed by atoms with Gasteiger partial charge in [0.05, 0.1) is 18.3 Å². The summed E-state index contributed by atoms with van der Waals surface area (Å²) in [7, 11) is -4.55. The quantitative estimate of drug-likeness (QED) is 0.382. The Kier molecular flexibility index (Phi) is 4.06. The summed E-state index contributed by atoms with van der Waals surface area (Å²) in [5.41, 5.74) is 0. The predicted molar refractivity (Wildman–Crippen MR) is 47.4 cm³/mol. The van der Waals surface area contributed by atoms with Crippen molar-refractivity contribution in [2.45, 2.75) is 44.0 Å². The normalized spacial score (nSPS) is 35.3. The molecule has 0 aromatic rings. The van der Waals surface area contributed by atoms with E-state index in [4.69, 9.17) is 9.79 Å². The van der Waals surface area contributed by atoms with Crippen molar-refractivity contribution >= 4 is 7.82 Å². The number of phosphoric ester groups is 1. The summed E-state index contributed by atoms with van der Waals surface area (Å²) in [6.45, 7) is 0. The lowest BCUT2D eigenvalue weighted by Crippen LogP contribution is -2.29. The van der Waals surface area contributed by atoms with Gasteiger partial charge in [0.15, 0.2) is 0 Å². The summed E-state index contributed by atoms with van der Waals surface area (Å²) in [6, 6.07) is 0. The SMILES string of the molecule is O=P(O)(O)O[C@@H]1CCC[C@@H](O)C[C@H]1O. The van der Waals surface area contributed by atoms with Gasteiger partial charge in [-0.15, -0.1) is 0 Å². The van der Waals surface area contributed by atoms with E-state index in [1.807, 2.05) is 0 Å². The monoisotopic (exact) mass is 226 g/mol. The van der Waals surface area contributed by atoms with Gasteiger partial charge in [-0.2, -0.15) is 0 Å². The third-order valence-corrected chi connectivity index (χ3v) is 2.79. The first-order chi connectivity index (χ1) is 6.38. The van der Waals surface area contributed by atoms with Crippen LogP contribution >= 0.6 is 7.82 Å². The zero-order valence-electron chi connectivity index (χ0n) is 7.61. The smallest absolute Gasteiger partial charge is 0.393 e. The second-order valence-corrected chi connectivity index (χ2v) is 4.71. The molecule has 0 aromatic heterocycles. The number of hydrogen-bond acceptors (Lipinski definition) is 4. The van der Waals surface area contributed by atoms with Gasteiger partial charge in [-0.05, 0) is 19.3 Å². The molecular formula is C7H15O6P. The molecule has 0 amide bonds. The van der Waals surface area contributed by atoms with Crippen LogP contribution in [0.25, 0.3) is 0 Å². The van der Waals surface area contributed by atoms with Crippen LogP contribution in [0.1, 0.15) is 25.7 Å². The van der Waals surface area contributed by atoms with Gasteiger partial charge in [0.1, 0.15) is 0 Å². The first kappa shape index (κ1) is 12.1. The molecule has 84 valence electrons. The minimum Gasteiger partial charge on any atom is -0.393 e. The van der Waals surface area contributed by atoms with E-state index in [2.05, 4.69) is 4.52 Å². The third-order valence-electron chi connectivity index (χ3n) is 2.24. The molecular weight excluding hydrogens is 211 g/mol. The molecule has 3 atom stereocenters. The van der Waals surface area contributed by atoms with Crippen LogP contribution in [0.2, 0.25) is 0 Å². The Labute approximate surface area is 81.8 Å². The lowest BCUT2D eigenvalue weighted by atomic mass is 10.1. The van der Waals surface area contributed by atoms with Gasteiger partial charge in [0, 0.05) is 6.42 Å². The van der Waals surface area contributed by atoms with E-state index in [0.717, 1.165) is 0 Å². The maximum Gasteiger partial charge on any atom is 0.469 e. The van der Waals surface area contributed by atoms with Gasteiger partial charge >= 0.3 is 7.82 Å². The highest BCUT2D eigenvalue weighted by Gasteiger charge is 2.31. The van der Waals surface area contributed by atoms with Gasteiger partial charge in [-0.25, -0.2) is 4.57 Å². The van der Waals surface area contributed by atoms with Crippen LogP contribution in [-0.2, 0) is 9.09 Å². The van der Waals surface area contributed by atoms with E-state index in [-0.39, 0.29) is 6.42 Å². The molecule has 0 bridgehead atoms. The van der Waals surface area contributed by atoms with Crippen molar-refractivity contribution < 1.29 is 29.1 Å². The van der Waals surface area contributed by atoms with E-state index < -0.39 is 26.1 Å². The fourth-order valence-electron chi connectivity index (χ4n) is 1.59. The van der Waals surface area contributed by atoms with Crippen molar-refractivity contribution in [3.63, 3.8) is 0 Å². The second-order valence-electron chi connectivity index (χ2n) is 3.52. The Morgan fingerprint density at radius 1 is 1.21 bits per heavy atom. The fourth-order valence-corrected chi connectivity index (χ4v) is 2.19. The minimum absolute atomic E-state index is 0.102. The molecule has 4 N–H and O–H groups in total. The highest BCUT2D eigenvalue weighted by atomic mass is 31.2. The van der Waals surface area contributed by atoms with Gasteiger partial charge in [0.25, 0.3) is 0 Å². The van der Waals surface area contributed by atoms with Crippen molar-refractivity contribution in [1.29, 1.82) is 0 Å². The molecule has 0 spiro atoms. The number of hydrogen-bond donors (Lipinski definition) is 4. The lowest BCUT2D eigenvalue weighted by molar-refractivity contribution is -0.00225. The molecule has 1 rings (SSSR count). The molecule has 0 aromatic carbocycles. The largest absolute Gasteiger partial charge is 0.469 e. The average Bonchev–Trinajstić information content (AvgIpc) is 2.11. The Morgan fingerprint density at radius 2 is 1.86 bits per heavy atom. The first-order valence-electron chi connectivity index (χ1n) is 4.48.